The molecule has 2 N–H and O–H groups in total. The van der Waals surface area contributed by atoms with E-state index in [1.165, 1.54) is 122 Å². The molecule has 1 unspecified atom stereocenters. The number of nitrogens with zero attached hydrogens (tertiary/aromatic N) is 1. The van der Waals surface area contributed by atoms with Gasteiger partial charge in [-0.3, -0.25) is 14.4 Å². The lowest BCUT2D eigenvalue weighted by atomic mass is 9.93. The fourth-order valence-electron chi connectivity index (χ4n) is 8.59. The van der Waals surface area contributed by atoms with Gasteiger partial charge in [-0.05, 0) is 96.7 Å². The second-order valence-corrected chi connectivity index (χ2v) is 18.3. The zero-order chi connectivity index (χ0) is 44.6. The Hall–Kier alpha value is -2.35. The maximum Gasteiger partial charge on any atom is 0.306 e. The molecule has 1 rings (SSSR count). The molecule has 0 bridgehead atoms. The van der Waals surface area contributed by atoms with Crippen molar-refractivity contribution in [2.45, 2.75) is 265 Å². The third kappa shape index (κ3) is 30.4. The van der Waals surface area contributed by atoms with Crippen LogP contribution < -0.4 is 10.6 Å². The normalized spacial score (nSPS) is 13.3. The van der Waals surface area contributed by atoms with Crippen molar-refractivity contribution in [2.75, 3.05) is 33.2 Å². The number of esters is 2. The number of unbranched alkanes of at least 4 members (excludes halogenated alkanes) is 23. The van der Waals surface area contributed by atoms with Gasteiger partial charge >= 0.3 is 11.9 Å². The van der Waals surface area contributed by atoms with E-state index in [-0.39, 0.29) is 29.9 Å². The summed E-state index contributed by atoms with van der Waals surface area (Å²) in [6.07, 6.45) is 40.0. The minimum absolute atomic E-state index is 0.0103. The van der Waals surface area contributed by atoms with Gasteiger partial charge in [-0.1, -0.05) is 169 Å². The summed E-state index contributed by atoms with van der Waals surface area (Å²) in [6.45, 7) is 16.7. The summed E-state index contributed by atoms with van der Waals surface area (Å²) in [5, 5.41) is 6.43. The molecule has 1 aliphatic rings. The molecule has 0 saturated heterocycles. The van der Waals surface area contributed by atoms with Crippen LogP contribution in [-0.2, 0) is 23.9 Å². The summed E-state index contributed by atoms with van der Waals surface area (Å²) in [4.78, 5) is 40.2. The second kappa shape index (κ2) is 40.4. The van der Waals surface area contributed by atoms with Gasteiger partial charge < -0.3 is 25.0 Å². The Labute approximate surface area is 377 Å². The van der Waals surface area contributed by atoms with Crippen molar-refractivity contribution in [3.63, 3.8) is 0 Å². The molecule has 0 fully saturated rings. The van der Waals surface area contributed by atoms with Crippen molar-refractivity contribution >= 4 is 17.7 Å². The molecule has 0 saturated carbocycles. The first-order chi connectivity index (χ1) is 29.8. The minimum Gasteiger partial charge on any atom is -0.462 e. The van der Waals surface area contributed by atoms with Crippen molar-refractivity contribution in [3.8, 4) is 0 Å². The Bertz CT molecular complexity index is 1120. The van der Waals surface area contributed by atoms with Crippen LogP contribution in [0.25, 0.3) is 0 Å². The van der Waals surface area contributed by atoms with Crippen LogP contribution in [-0.4, -0.2) is 68.1 Å². The molecule has 0 heterocycles. The highest BCUT2D eigenvalue weighted by molar-refractivity contribution is 6.18. The average Bonchev–Trinajstić information content (AvgIpc) is 3.26. The molecule has 61 heavy (non-hydrogen) atoms. The van der Waals surface area contributed by atoms with E-state index in [9.17, 15) is 14.4 Å². The van der Waals surface area contributed by atoms with Gasteiger partial charge in [0.25, 0.3) is 0 Å². The molecule has 8 nitrogen and oxygen atoms in total. The van der Waals surface area contributed by atoms with Crippen molar-refractivity contribution in [3.05, 3.63) is 23.5 Å². The highest BCUT2D eigenvalue weighted by Crippen LogP contribution is 2.24. The van der Waals surface area contributed by atoms with Crippen molar-refractivity contribution in [1.29, 1.82) is 0 Å². The van der Waals surface area contributed by atoms with Crippen LogP contribution >= 0.6 is 0 Å². The highest BCUT2D eigenvalue weighted by Gasteiger charge is 2.30. The number of rotatable bonds is 46. The van der Waals surface area contributed by atoms with Gasteiger partial charge in [-0.25, -0.2) is 0 Å². The molecule has 0 radical (unpaired) electrons. The highest BCUT2D eigenvalue weighted by atomic mass is 16.5. The zero-order valence-corrected chi connectivity index (χ0v) is 40.9. The van der Waals surface area contributed by atoms with Gasteiger partial charge in [0.2, 0.25) is 5.78 Å². The molecule has 0 aromatic rings. The standard InChI is InChI=1S/C53H99N3O5/c1-7-11-14-17-22-29-37-47(10-4)60-49(57)40-32-25-20-27-34-43-56(45-36-42-55-52-51(54-6)46(5)53(52)59)44-35-28-21-26-33-41-50(58)61-48(38-30-23-18-15-12-8-2)39-31-24-19-16-13-9-3/h47-48,54-55H,5,7-45H2,1-4,6H3. The maximum atomic E-state index is 12.9. The lowest BCUT2D eigenvalue weighted by molar-refractivity contribution is -0.150. The van der Waals surface area contributed by atoms with Gasteiger partial charge in [0, 0.05) is 32.0 Å². The van der Waals surface area contributed by atoms with E-state index >= 15 is 0 Å². The summed E-state index contributed by atoms with van der Waals surface area (Å²) >= 11 is 0. The molecule has 0 aromatic heterocycles. The average molecular weight is 858 g/mol. The molecular weight excluding hydrogens is 759 g/mol. The third-order valence-corrected chi connectivity index (χ3v) is 12.7. The van der Waals surface area contributed by atoms with Crippen LogP contribution in [0.2, 0.25) is 0 Å². The van der Waals surface area contributed by atoms with Gasteiger partial charge in [0.05, 0.1) is 5.70 Å². The Morgan fingerprint density at radius 2 is 0.885 bits per heavy atom. The smallest absolute Gasteiger partial charge is 0.306 e. The molecule has 8 heteroatoms. The monoisotopic (exact) mass is 858 g/mol. The number of nitrogens with one attached hydrogen (secondary N) is 2. The van der Waals surface area contributed by atoms with Crippen molar-refractivity contribution in [2.24, 2.45) is 0 Å². The van der Waals surface area contributed by atoms with Gasteiger partial charge in [-0.2, -0.15) is 0 Å². The summed E-state index contributed by atoms with van der Waals surface area (Å²) < 4.78 is 11.9. The first kappa shape index (κ1) is 56.7. The topological polar surface area (TPSA) is 97.0 Å². The number of carbonyl (C=O) groups is 3. The van der Waals surface area contributed by atoms with Crippen LogP contribution in [0.3, 0.4) is 0 Å². The number of carbonyl (C=O) groups excluding carboxylic acids is 3. The Morgan fingerprint density at radius 3 is 1.33 bits per heavy atom. The number of hydrogen-bond donors (Lipinski definition) is 2. The summed E-state index contributed by atoms with van der Waals surface area (Å²) in [7, 11) is 1.83. The van der Waals surface area contributed by atoms with Crippen LogP contribution in [0.1, 0.15) is 252 Å². The van der Waals surface area contributed by atoms with Crippen LogP contribution in [0.4, 0.5) is 0 Å². The lowest BCUT2D eigenvalue weighted by Crippen LogP contribution is -2.38. The Kier molecular flexibility index (Phi) is 37.6. The molecule has 0 aromatic carbocycles. The maximum absolute atomic E-state index is 12.9. The van der Waals surface area contributed by atoms with E-state index in [1.54, 1.807) is 0 Å². The van der Waals surface area contributed by atoms with Gasteiger partial charge in [0.1, 0.15) is 17.9 Å². The largest absolute Gasteiger partial charge is 0.462 e. The van der Waals surface area contributed by atoms with Gasteiger partial charge in [0.15, 0.2) is 0 Å². The molecular formula is C53H99N3O5. The number of ketones is 1. The molecule has 0 aliphatic heterocycles. The molecule has 0 amide bonds. The first-order valence-electron chi connectivity index (χ1n) is 26.3. The number of likely N-dealkylation sites (N-methyl/N-ethyl adjacent to an activating group) is 1. The Morgan fingerprint density at radius 1 is 0.508 bits per heavy atom. The molecule has 1 atom stereocenters. The number of ether oxygens (including phenoxy) is 2. The Balaban J connectivity index is 2.41. The SMILES string of the molecule is C=C1C(=O)C(NCCCN(CCCCCCCC(=O)OC(CC)CCCCCCCC)CCCCCCCC(=O)OC(CCCCCCCC)CCCCCCCC)=C1NC. The van der Waals surface area contributed by atoms with Crippen LogP contribution in [0.15, 0.2) is 23.5 Å². The van der Waals surface area contributed by atoms with E-state index in [4.69, 9.17) is 9.47 Å². The van der Waals surface area contributed by atoms with E-state index in [1.807, 2.05) is 7.05 Å². The summed E-state index contributed by atoms with van der Waals surface area (Å²) in [5.41, 5.74) is 2.06. The number of allylic oxidation sites excluding steroid dienone is 2. The van der Waals surface area contributed by atoms with E-state index in [0.29, 0.717) is 24.1 Å². The van der Waals surface area contributed by atoms with Crippen LogP contribution in [0, 0.1) is 0 Å². The second-order valence-electron chi connectivity index (χ2n) is 18.3. The fourth-order valence-corrected chi connectivity index (χ4v) is 8.59. The molecule has 356 valence electrons. The van der Waals surface area contributed by atoms with Crippen molar-refractivity contribution < 1.29 is 23.9 Å². The minimum atomic E-state index is -0.0192. The number of Topliss-reactive ketones (excluding diaryl/α,β-unsaturated/α-hetero) is 1. The molecule has 0 spiro atoms. The first-order valence-corrected chi connectivity index (χ1v) is 26.3. The predicted octanol–water partition coefficient (Wildman–Crippen LogP) is 14.0. The molecule has 1 aliphatic carbocycles. The van der Waals surface area contributed by atoms with Crippen LogP contribution in [0.5, 0.6) is 0 Å². The summed E-state index contributed by atoms with van der Waals surface area (Å²) in [6, 6.07) is 0. The quantitative estimate of drug-likeness (QED) is 0.0355. The third-order valence-electron chi connectivity index (χ3n) is 12.7. The van der Waals surface area contributed by atoms with Gasteiger partial charge in [-0.15, -0.1) is 0 Å². The van der Waals surface area contributed by atoms with E-state index in [2.05, 4.69) is 49.8 Å². The predicted molar refractivity (Wildman–Crippen MR) is 259 cm³/mol. The fraction of sp³-hybridized carbons (Fsp3) is 0.868. The lowest BCUT2D eigenvalue weighted by Gasteiger charge is -2.26. The van der Waals surface area contributed by atoms with Crippen molar-refractivity contribution in [1.82, 2.24) is 15.5 Å². The zero-order valence-electron chi connectivity index (χ0n) is 40.9. The van der Waals surface area contributed by atoms with E-state index < -0.39 is 0 Å². The van der Waals surface area contributed by atoms with E-state index in [0.717, 1.165) is 122 Å². The number of hydrogen-bond acceptors (Lipinski definition) is 8. The summed E-state index contributed by atoms with van der Waals surface area (Å²) in [5.74, 6) is 0.00711.